The summed E-state index contributed by atoms with van der Waals surface area (Å²) in [6, 6.07) is 38.7. The van der Waals surface area contributed by atoms with Crippen LogP contribution in [0.5, 0.6) is 11.5 Å². The highest BCUT2D eigenvalue weighted by atomic mass is 16.5. The Morgan fingerprint density at radius 2 is 1.05 bits per heavy atom. The number of para-hydroxylation sites is 1. The van der Waals surface area contributed by atoms with Crippen LogP contribution < -0.4 is 9.30 Å². The fourth-order valence-corrected chi connectivity index (χ4v) is 11.6. The number of fused-ring (bicyclic) bond motifs is 10. The van der Waals surface area contributed by atoms with Gasteiger partial charge in [0.25, 0.3) is 6.33 Å². The van der Waals surface area contributed by atoms with E-state index >= 15 is 0 Å². The van der Waals surface area contributed by atoms with E-state index in [9.17, 15) is 11.0 Å². The summed E-state index contributed by atoms with van der Waals surface area (Å²) >= 11 is 0. The molecule has 0 N–H and O–H groups in total. The normalized spacial score (nSPS) is 15.4. The lowest BCUT2D eigenvalue weighted by molar-refractivity contribution is -0.570. The first kappa shape index (κ1) is 39.6. The van der Waals surface area contributed by atoms with Gasteiger partial charge in [-0.15, -0.1) is 0 Å². The molecule has 3 aromatic heterocycles. The molecule has 4 heterocycles. The Bertz CT molecular complexity index is 5250. The van der Waals surface area contributed by atoms with Crippen molar-refractivity contribution in [2.24, 2.45) is 0 Å². The second-order valence-electron chi connectivity index (χ2n) is 26.1. The van der Waals surface area contributed by atoms with Gasteiger partial charge >= 0.3 is 0 Å². The first-order valence-electron chi connectivity index (χ1n) is 35.3. The summed E-state index contributed by atoms with van der Waals surface area (Å²) in [5, 5.41) is 2.05. The molecule has 0 radical (unpaired) electrons. The van der Waals surface area contributed by atoms with Gasteiger partial charge < -0.3 is 4.74 Å². The first-order valence-corrected chi connectivity index (χ1v) is 28.3. The molecule has 0 saturated heterocycles. The van der Waals surface area contributed by atoms with Gasteiger partial charge in [-0.25, -0.2) is 4.98 Å². The summed E-state index contributed by atoms with van der Waals surface area (Å²) < 4.78 is 145. The lowest BCUT2D eigenvalue weighted by Gasteiger charge is -2.28. The van der Waals surface area contributed by atoms with Crippen LogP contribution in [0.3, 0.4) is 0 Å². The van der Waals surface area contributed by atoms with Gasteiger partial charge in [0.05, 0.1) is 44.4 Å². The van der Waals surface area contributed by atoms with Crippen molar-refractivity contribution in [2.45, 2.75) is 118 Å². The van der Waals surface area contributed by atoms with E-state index < -0.39 is 78.3 Å². The van der Waals surface area contributed by atoms with Crippen molar-refractivity contribution in [3.63, 3.8) is 0 Å². The Kier molecular flexibility index (Phi) is 9.26. The number of nitrogens with zero attached hydrogens (tertiary/aromatic N) is 4. The zero-order valence-corrected chi connectivity index (χ0v) is 49.1. The minimum Gasteiger partial charge on any atom is -0.458 e. The lowest BCUT2D eigenvalue weighted by atomic mass is 9.78. The Balaban J connectivity index is 1.20. The number of ether oxygens (including phenoxy) is 1. The van der Waals surface area contributed by atoms with Crippen LogP contribution in [-0.2, 0) is 21.7 Å². The third-order valence-corrected chi connectivity index (χ3v) is 16.2. The van der Waals surface area contributed by atoms with E-state index in [0.29, 0.717) is 39.3 Å². The van der Waals surface area contributed by atoms with Gasteiger partial charge in [-0.05, 0) is 191 Å². The second kappa shape index (κ2) is 19.4. The molecule has 0 fully saturated rings. The van der Waals surface area contributed by atoms with Gasteiger partial charge in [0, 0.05) is 31.3 Å². The molecule has 0 unspecified atom stereocenters. The fraction of sp³-hybridized carbons (Fsp3) is 0.231. The molecule has 5 nitrogen and oxygen atoms in total. The number of rotatable bonds is 6. The second-order valence-corrected chi connectivity index (χ2v) is 26.1. The maximum Gasteiger partial charge on any atom is 0.269 e. The van der Waals surface area contributed by atoms with Crippen LogP contribution in [0.2, 0.25) is 0 Å². The Hall–Kier alpha value is -8.80. The number of imidazole rings is 1. The van der Waals surface area contributed by atoms with Crippen LogP contribution in [0.1, 0.15) is 136 Å². The number of aromatic nitrogens is 4. The average Bonchev–Trinajstić information content (AvgIpc) is 1.50. The molecule has 1 aliphatic heterocycles. The molecule has 9 aromatic carbocycles. The molecule has 0 spiro atoms. The van der Waals surface area contributed by atoms with E-state index in [0.717, 1.165) is 49.9 Å². The summed E-state index contributed by atoms with van der Waals surface area (Å²) in [6.07, 6.45) is 5.61. The fourth-order valence-electron chi connectivity index (χ4n) is 11.6. The van der Waals surface area contributed by atoms with Crippen LogP contribution >= 0.6 is 0 Å². The lowest BCUT2D eigenvalue weighted by Crippen LogP contribution is -2.32. The zero-order chi connectivity index (χ0) is 70.0. The molecule has 5 heteroatoms. The molecule has 83 heavy (non-hydrogen) atoms. The molecule has 0 aliphatic carbocycles. The van der Waals surface area contributed by atoms with Gasteiger partial charge in [-0.2, -0.15) is 0 Å². The van der Waals surface area contributed by atoms with Crippen molar-refractivity contribution in [3.05, 3.63) is 234 Å². The molecule has 0 saturated carbocycles. The Morgan fingerprint density at radius 1 is 0.470 bits per heavy atom. The van der Waals surface area contributed by atoms with E-state index in [2.05, 4.69) is 104 Å². The number of hydrogen-bond donors (Lipinski definition) is 0. The zero-order valence-electron chi connectivity index (χ0n) is 63.1. The van der Waals surface area contributed by atoms with Crippen molar-refractivity contribution in [1.29, 1.82) is 0 Å². The summed E-state index contributed by atoms with van der Waals surface area (Å²) in [5.74, 6) is 1.74. The molecule has 0 atom stereocenters. The Morgan fingerprint density at radius 3 is 1.70 bits per heavy atom. The third-order valence-electron chi connectivity index (χ3n) is 16.2. The SMILES string of the molecule is [2H]c1c([2H])c([2H])c2c(c1[2H])-c1cc(-c3c(C([2H])([2H])[2H])cccc3C([2H])([2H])[2H])cc(-c3cc(C(C)(C)C)cc(C(C)(C)C)c3)c1-[n+]1[c-]n(-c3cccc(Oc4ccc5c6ccccc6n(-c6cc(C(C)(C)C)ccn6)c5c4)c3)c3cc(C(C)(C)C)cc(c31)-c1c([2H])c([2H])c([2H])c([2H])c1-2. The highest BCUT2D eigenvalue weighted by Gasteiger charge is 2.31. The molecule has 13 rings (SSSR count). The molecular weight excluding hydrogens is 1010 g/mol. The summed E-state index contributed by atoms with van der Waals surface area (Å²) in [7, 11) is 0. The van der Waals surface area contributed by atoms with E-state index in [4.69, 9.17) is 17.9 Å². The van der Waals surface area contributed by atoms with Crippen molar-refractivity contribution in [3.8, 4) is 84.3 Å². The molecule has 0 bridgehead atoms. The van der Waals surface area contributed by atoms with Crippen LogP contribution in [-0.4, -0.2) is 14.1 Å². The number of pyridine rings is 1. The monoisotopic (exact) mass is 1100 g/mol. The highest BCUT2D eigenvalue weighted by Crippen LogP contribution is 2.49. The van der Waals surface area contributed by atoms with Gasteiger partial charge in [-0.3, -0.25) is 13.7 Å². The van der Waals surface area contributed by atoms with E-state index in [1.165, 1.54) is 18.2 Å². The summed E-state index contributed by atoms with van der Waals surface area (Å²) in [6.45, 7) is 19.4. The van der Waals surface area contributed by atoms with Crippen LogP contribution in [0, 0.1) is 20.0 Å². The van der Waals surface area contributed by atoms with Gasteiger partial charge in [-0.1, -0.05) is 198 Å². The minimum atomic E-state index is -2.88. The maximum absolute atomic E-state index is 10.2. The van der Waals surface area contributed by atoms with Gasteiger partial charge in [0.1, 0.15) is 17.3 Å². The number of benzene rings is 9. The van der Waals surface area contributed by atoms with Crippen molar-refractivity contribution in [2.75, 3.05) is 0 Å². The van der Waals surface area contributed by atoms with Crippen molar-refractivity contribution < 1.29 is 28.5 Å². The first-order chi connectivity index (χ1) is 45.2. The van der Waals surface area contributed by atoms with E-state index in [-0.39, 0.29) is 66.7 Å². The minimum absolute atomic E-state index is 0.0461. The average molecular weight is 1100 g/mol. The van der Waals surface area contributed by atoms with Crippen LogP contribution in [0.25, 0.3) is 106 Å². The molecule has 412 valence electrons. The number of hydrogen-bond acceptors (Lipinski definition) is 2. The van der Waals surface area contributed by atoms with Crippen molar-refractivity contribution in [1.82, 2.24) is 14.1 Å². The Labute approximate surface area is 510 Å². The van der Waals surface area contributed by atoms with E-state index in [1.54, 1.807) is 16.7 Å². The van der Waals surface area contributed by atoms with E-state index in [1.807, 2.05) is 110 Å². The summed E-state index contributed by atoms with van der Waals surface area (Å²) in [5.41, 5.74) is 5.50. The van der Waals surface area contributed by atoms with Crippen molar-refractivity contribution >= 4 is 32.8 Å². The predicted molar refractivity (Wildman–Crippen MR) is 347 cm³/mol. The van der Waals surface area contributed by atoms with Gasteiger partial charge in [0.15, 0.2) is 0 Å². The van der Waals surface area contributed by atoms with Gasteiger partial charge in [0.2, 0.25) is 0 Å². The standard InChI is InChI=1S/C78H74N4O/c1-48-23-21-24-49(2)72(48)51-39-65(50-37-53(76(6,7)8)41-54(38-50)77(9,10)11)73-66(40-51)61-29-17-15-27-59(61)60-28-16-18-30-62(60)67-42-55(78(12,13)14)43-70-74(67)81(73)47-80(70)56-25-22-26-57(45-56)83-58-33-34-64-63-31-19-20-32-68(63)82(69(64)46-58)71-44-52(35-36-79-71)75(3,4)5/h15-46H,1-14H3/i1D3,2D3,15D,16D,17D,18D,27D,28D,29D,30D. The molecule has 0 amide bonds. The maximum atomic E-state index is 10.2. The highest BCUT2D eigenvalue weighted by molar-refractivity contribution is 6.09. The topological polar surface area (TPSA) is 35.9 Å². The smallest absolute Gasteiger partial charge is 0.269 e. The largest absolute Gasteiger partial charge is 0.458 e. The molecular formula is C78H74N4O. The third kappa shape index (κ3) is 9.35. The summed E-state index contributed by atoms with van der Waals surface area (Å²) in [4.78, 5) is 4.90. The quantitative estimate of drug-likeness (QED) is 0.123. The molecule has 1 aliphatic rings. The number of aryl methyl sites for hydroxylation is 2. The van der Waals surface area contributed by atoms with Crippen LogP contribution in [0.15, 0.2) is 194 Å². The predicted octanol–water partition coefficient (Wildman–Crippen LogP) is 20.4. The van der Waals surface area contributed by atoms with Crippen LogP contribution in [0.4, 0.5) is 0 Å². The molecule has 12 aromatic rings.